The van der Waals surface area contributed by atoms with E-state index < -0.39 is 17.8 Å². The van der Waals surface area contributed by atoms with Gasteiger partial charge in [-0.05, 0) is 19.1 Å². The van der Waals surface area contributed by atoms with E-state index in [-0.39, 0.29) is 24.4 Å². The van der Waals surface area contributed by atoms with Crippen LogP contribution < -0.4 is 15.6 Å². The molecule has 1 unspecified atom stereocenters. The first-order chi connectivity index (χ1) is 13.5. The van der Waals surface area contributed by atoms with Crippen molar-refractivity contribution in [1.82, 2.24) is 14.9 Å². The van der Waals surface area contributed by atoms with Crippen LogP contribution in [0.4, 0.5) is 4.39 Å². The number of benzene rings is 2. The molecule has 28 heavy (non-hydrogen) atoms. The second kappa shape index (κ2) is 8.94. The van der Waals surface area contributed by atoms with Crippen molar-refractivity contribution in [2.75, 3.05) is 6.54 Å². The molecule has 1 amide bonds. The van der Waals surface area contributed by atoms with Crippen LogP contribution in [-0.4, -0.2) is 28.1 Å². The maximum Gasteiger partial charge on any atom is 0.260 e. The molecule has 0 spiro atoms. The van der Waals surface area contributed by atoms with Gasteiger partial charge in [0, 0.05) is 24.7 Å². The van der Waals surface area contributed by atoms with Gasteiger partial charge in [0.25, 0.3) is 11.5 Å². The third-order valence-electron chi connectivity index (χ3n) is 4.11. The minimum atomic E-state index is -0.868. The first-order valence-electron chi connectivity index (χ1n) is 8.85. The van der Waals surface area contributed by atoms with E-state index in [9.17, 15) is 14.0 Å². The van der Waals surface area contributed by atoms with E-state index in [1.165, 1.54) is 36.0 Å². The summed E-state index contributed by atoms with van der Waals surface area (Å²) in [6, 6.07) is 16.8. The summed E-state index contributed by atoms with van der Waals surface area (Å²) >= 11 is 0. The number of hydrogen-bond donors (Lipinski definition) is 1. The van der Waals surface area contributed by atoms with Gasteiger partial charge in [-0.1, -0.05) is 42.5 Å². The lowest BCUT2D eigenvalue weighted by Gasteiger charge is -2.15. The lowest BCUT2D eigenvalue weighted by molar-refractivity contribution is -0.127. The van der Waals surface area contributed by atoms with E-state index in [0.717, 1.165) is 5.56 Å². The minimum Gasteiger partial charge on any atom is -0.478 e. The van der Waals surface area contributed by atoms with Gasteiger partial charge in [-0.3, -0.25) is 14.2 Å². The normalized spacial score (nSPS) is 11.6. The van der Waals surface area contributed by atoms with Crippen LogP contribution in [-0.2, 0) is 11.3 Å². The zero-order valence-corrected chi connectivity index (χ0v) is 15.3. The quantitative estimate of drug-likeness (QED) is 0.683. The van der Waals surface area contributed by atoms with E-state index in [1.54, 1.807) is 12.1 Å². The molecule has 1 N–H and O–H groups in total. The smallest absolute Gasteiger partial charge is 0.260 e. The highest BCUT2D eigenvalue weighted by atomic mass is 19.1. The average molecular weight is 381 g/mol. The standard InChI is InChI=1S/C21H20FN3O3/c1-15(28-19-10-6-5-9-17(19)22)21(27)23-11-12-25-14-24-18(13-20(25)26)16-7-3-2-4-8-16/h2-10,13-15H,11-12H2,1H3,(H,23,27). The second-order valence-electron chi connectivity index (χ2n) is 6.15. The second-order valence-corrected chi connectivity index (χ2v) is 6.15. The number of nitrogens with zero attached hydrogens (tertiary/aromatic N) is 2. The van der Waals surface area contributed by atoms with Gasteiger partial charge in [0.1, 0.15) is 0 Å². The van der Waals surface area contributed by atoms with Gasteiger partial charge in [-0.2, -0.15) is 0 Å². The van der Waals surface area contributed by atoms with Crippen LogP contribution in [0, 0.1) is 5.82 Å². The zero-order valence-electron chi connectivity index (χ0n) is 15.3. The number of nitrogens with one attached hydrogen (secondary N) is 1. The molecule has 1 atom stereocenters. The molecule has 7 heteroatoms. The Balaban J connectivity index is 1.54. The molecule has 3 rings (SSSR count). The molecule has 0 aliphatic rings. The summed E-state index contributed by atoms with van der Waals surface area (Å²) < 4.78 is 20.3. The Bertz CT molecular complexity index is 1010. The van der Waals surface area contributed by atoms with E-state index in [2.05, 4.69) is 10.3 Å². The van der Waals surface area contributed by atoms with Crippen molar-refractivity contribution >= 4 is 5.91 Å². The first-order valence-corrected chi connectivity index (χ1v) is 8.85. The Hall–Kier alpha value is -3.48. The highest BCUT2D eigenvalue weighted by molar-refractivity contribution is 5.80. The maximum absolute atomic E-state index is 13.6. The highest BCUT2D eigenvalue weighted by Gasteiger charge is 2.16. The summed E-state index contributed by atoms with van der Waals surface area (Å²) in [5.74, 6) is -0.912. The summed E-state index contributed by atoms with van der Waals surface area (Å²) in [5, 5.41) is 2.67. The Labute approximate surface area is 161 Å². The van der Waals surface area contributed by atoms with Crippen molar-refractivity contribution < 1.29 is 13.9 Å². The molecule has 0 aliphatic heterocycles. The van der Waals surface area contributed by atoms with Gasteiger partial charge >= 0.3 is 0 Å². The molecule has 3 aromatic rings. The van der Waals surface area contributed by atoms with E-state index in [1.807, 2.05) is 30.3 Å². The van der Waals surface area contributed by atoms with Crippen LogP contribution >= 0.6 is 0 Å². The molecule has 2 aromatic carbocycles. The van der Waals surface area contributed by atoms with Gasteiger partial charge in [0.05, 0.1) is 12.0 Å². The zero-order chi connectivity index (χ0) is 19.9. The number of rotatable bonds is 7. The van der Waals surface area contributed by atoms with Crippen LogP contribution in [0.15, 0.2) is 71.8 Å². The summed E-state index contributed by atoms with van der Waals surface area (Å²) in [5.41, 5.74) is 1.25. The fourth-order valence-electron chi connectivity index (χ4n) is 2.59. The number of hydrogen-bond acceptors (Lipinski definition) is 4. The molecule has 0 radical (unpaired) electrons. The van der Waals surface area contributed by atoms with Gasteiger partial charge in [-0.25, -0.2) is 9.37 Å². The Kier molecular flexibility index (Phi) is 6.16. The van der Waals surface area contributed by atoms with Crippen LogP contribution in [0.1, 0.15) is 6.92 Å². The van der Waals surface area contributed by atoms with E-state index in [4.69, 9.17) is 4.74 Å². The number of aromatic nitrogens is 2. The number of para-hydroxylation sites is 1. The maximum atomic E-state index is 13.6. The Morgan fingerprint density at radius 3 is 2.61 bits per heavy atom. The molecule has 0 saturated carbocycles. The van der Waals surface area contributed by atoms with Crippen molar-refractivity contribution in [2.24, 2.45) is 0 Å². The summed E-state index contributed by atoms with van der Waals surface area (Å²) in [6.45, 7) is 2.01. The third kappa shape index (κ3) is 4.82. The van der Waals surface area contributed by atoms with Crippen LogP contribution in [0.5, 0.6) is 5.75 Å². The highest BCUT2D eigenvalue weighted by Crippen LogP contribution is 2.17. The monoisotopic (exact) mass is 381 g/mol. The van der Waals surface area contributed by atoms with E-state index >= 15 is 0 Å². The molecule has 0 aliphatic carbocycles. The van der Waals surface area contributed by atoms with Crippen molar-refractivity contribution in [2.45, 2.75) is 19.6 Å². The number of ether oxygens (including phenoxy) is 1. The number of carbonyl (C=O) groups is 1. The molecule has 1 aromatic heterocycles. The molecular formula is C21H20FN3O3. The van der Waals surface area contributed by atoms with Gasteiger partial charge in [0.2, 0.25) is 0 Å². The fraction of sp³-hybridized carbons (Fsp3) is 0.190. The predicted octanol–water partition coefficient (Wildman–Crippen LogP) is 2.63. The van der Waals surface area contributed by atoms with Crippen molar-refractivity contribution in [3.63, 3.8) is 0 Å². The SMILES string of the molecule is CC(Oc1ccccc1F)C(=O)NCCn1cnc(-c2ccccc2)cc1=O. The van der Waals surface area contributed by atoms with Crippen molar-refractivity contribution in [1.29, 1.82) is 0 Å². The van der Waals surface area contributed by atoms with Gasteiger partial charge in [-0.15, -0.1) is 0 Å². The van der Waals surface area contributed by atoms with Gasteiger partial charge < -0.3 is 10.1 Å². The van der Waals surface area contributed by atoms with Crippen LogP contribution in [0.2, 0.25) is 0 Å². The Morgan fingerprint density at radius 1 is 1.18 bits per heavy atom. The number of halogens is 1. The third-order valence-corrected chi connectivity index (χ3v) is 4.11. The summed E-state index contributed by atoms with van der Waals surface area (Å²) in [6.07, 6.45) is 0.586. The topological polar surface area (TPSA) is 73.2 Å². The Morgan fingerprint density at radius 2 is 1.89 bits per heavy atom. The molecule has 6 nitrogen and oxygen atoms in total. The molecule has 0 fully saturated rings. The molecule has 1 heterocycles. The molecule has 0 saturated heterocycles. The number of carbonyl (C=O) groups excluding carboxylic acids is 1. The van der Waals surface area contributed by atoms with Crippen molar-refractivity contribution in [3.8, 4) is 17.0 Å². The minimum absolute atomic E-state index is 0.0158. The lowest BCUT2D eigenvalue weighted by Crippen LogP contribution is -2.39. The lowest BCUT2D eigenvalue weighted by atomic mass is 10.1. The van der Waals surface area contributed by atoms with Crippen LogP contribution in [0.25, 0.3) is 11.3 Å². The number of amides is 1. The molecule has 0 bridgehead atoms. The average Bonchev–Trinajstić information content (AvgIpc) is 2.71. The first kappa shape index (κ1) is 19.3. The van der Waals surface area contributed by atoms with Crippen molar-refractivity contribution in [3.05, 3.63) is 83.2 Å². The van der Waals surface area contributed by atoms with Gasteiger partial charge in [0.15, 0.2) is 17.7 Å². The van der Waals surface area contributed by atoms with Crippen LogP contribution in [0.3, 0.4) is 0 Å². The molecule has 144 valence electrons. The van der Waals surface area contributed by atoms with E-state index in [0.29, 0.717) is 5.69 Å². The fourth-order valence-corrected chi connectivity index (χ4v) is 2.59. The molecular weight excluding hydrogens is 361 g/mol. The largest absolute Gasteiger partial charge is 0.478 e. The summed E-state index contributed by atoms with van der Waals surface area (Å²) in [7, 11) is 0. The summed E-state index contributed by atoms with van der Waals surface area (Å²) in [4.78, 5) is 28.6. The predicted molar refractivity (Wildman–Crippen MR) is 103 cm³/mol.